The first-order valence-electron chi connectivity index (χ1n) is 7.63. The van der Waals surface area contributed by atoms with Gasteiger partial charge in [0.15, 0.2) is 0 Å². The molecule has 0 saturated carbocycles. The SMILES string of the molecule is CC[C@@H](C)[C@@H]1CCCN1C(=O)[C@@H](NC(=O)OC)[C@H](C)OC. The van der Waals surface area contributed by atoms with Crippen LogP contribution in [-0.2, 0) is 14.3 Å². The molecule has 0 aliphatic carbocycles. The van der Waals surface area contributed by atoms with Crippen molar-refractivity contribution in [3.05, 3.63) is 0 Å². The highest BCUT2D eigenvalue weighted by Gasteiger charge is 2.38. The largest absolute Gasteiger partial charge is 0.453 e. The Morgan fingerprint density at radius 3 is 2.52 bits per heavy atom. The van der Waals surface area contributed by atoms with E-state index >= 15 is 0 Å². The van der Waals surface area contributed by atoms with Gasteiger partial charge in [0, 0.05) is 19.7 Å². The third-order valence-electron chi connectivity index (χ3n) is 4.45. The summed E-state index contributed by atoms with van der Waals surface area (Å²) in [6.07, 6.45) is 2.04. The molecule has 0 aromatic carbocycles. The summed E-state index contributed by atoms with van der Waals surface area (Å²) in [4.78, 5) is 26.2. The minimum Gasteiger partial charge on any atom is -0.453 e. The summed E-state index contributed by atoms with van der Waals surface area (Å²) in [5.41, 5.74) is 0. The summed E-state index contributed by atoms with van der Waals surface area (Å²) >= 11 is 0. The Kier molecular flexibility index (Phi) is 6.95. The van der Waals surface area contributed by atoms with Crippen LogP contribution >= 0.6 is 0 Å². The second kappa shape index (κ2) is 8.22. The molecule has 6 heteroatoms. The first-order valence-corrected chi connectivity index (χ1v) is 7.63. The van der Waals surface area contributed by atoms with Crippen LogP contribution in [0.4, 0.5) is 4.79 Å². The second-order valence-electron chi connectivity index (χ2n) is 5.68. The van der Waals surface area contributed by atoms with E-state index in [1.165, 1.54) is 14.2 Å². The third-order valence-corrected chi connectivity index (χ3v) is 4.45. The number of likely N-dealkylation sites (tertiary alicyclic amines) is 1. The minimum atomic E-state index is -0.716. The van der Waals surface area contributed by atoms with Gasteiger partial charge < -0.3 is 19.7 Å². The summed E-state index contributed by atoms with van der Waals surface area (Å²) in [5, 5.41) is 2.59. The number of rotatable bonds is 6. The van der Waals surface area contributed by atoms with Crippen molar-refractivity contribution >= 4 is 12.0 Å². The molecule has 0 spiro atoms. The number of methoxy groups -OCH3 is 2. The molecule has 6 nitrogen and oxygen atoms in total. The molecule has 1 aliphatic rings. The Morgan fingerprint density at radius 1 is 1.33 bits per heavy atom. The van der Waals surface area contributed by atoms with Crippen LogP contribution in [0, 0.1) is 5.92 Å². The first-order chi connectivity index (χ1) is 9.96. The normalized spacial score (nSPS) is 22.5. The fraction of sp³-hybridized carbons (Fsp3) is 0.867. The molecule has 21 heavy (non-hydrogen) atoms. The van der Waals surface area contributed by atoms with Crippen LogP contribution in [0.3, 0.4) is 0 Å². The Hall–Kier alpha value is -1.30. The molecule has 1 rings (SSSR count). The molecule has 0 aromatic heterocycles. The molecule has 1 aliphatic heterocycles. The maximum Gasteiger partial charge on any atom is 0.407 e. The van der Waals surface area contributed by atoms with Crippen LogP contribution in [-0.4, -0.2) is 55.9 Å². The summed E-state index contributed by atoms with van der Waals surface area (Å²) in [7, 11) is 2.81. The quantitative estimate of drug-likeness (QED) is 0.812. The van der Waals surface area contributed by atoms with Gasteiger partial charge >= 0.3 is 6.09 Å². The van der Waals surface area contributed by atoms with Gasteiger partial charge in [-0.25, -0.2) is 4.79 Å². The molecule has 1 saturated heterocycles. The summed E-state index contributed by atoms with van der Waals surface area (Å²) in [5.74, 6) is 0.366. The Morgan fingerprint density at radius 2 is 2.00 bits per heavy atom. The van der Waals surface area contributed by atoms with E-state index in [9.17, 15) is 9.59 Å². The van der Waals surface area contributed by atoms with E-state index in [2.05, 4.69) is 23.9 Å². The zero-order chi connectivity index (χ0) is 16.0. The molecule has 4 atom stereocenters. The average molecular weight is 300 g/mol. The topological polar surface area (TPSA) is 67.9 Å². The number of hydrogen-bond donors (Lipinski definition) is 1. The molecule has 2 amide bonds. The third kappa shape index (κ3) is 4.33. The van der Waals surface area contributed by atoms with E-state index in [1.54, 1.807) is 6.92 Å². The van der Waals surface area contributed by atoms with Gasteiger partial charge in [-0.1, -0.05) is 20.3 Å². The zero-order valence-corrected chi connectivity index (χ0v) is 13.7. The lowest BCUT2D eigenvalue weighted by atomic mass is 9.96. The van der Waals surface area contributed by atoms with Crippen molar-refractivity contribution in [2.75, 3.05) is 20.8 Å². The smallest absolute Gasteiger partial charge is 0.407 e. The molecule has 122 valence electrons. The highest BCUT2D eigenvalue weighted by molar-refractivity contribution is 5.86. The Bertz CT molecular complexity index is 362. The lowest BCUT2D eigenvalue weighted by Crippen LogP contribution is -2.55. The van der Waals surface area contributed by atoms with E-state index in [1.807, 2.05) is 4.90 Å². The van der Waals surface area contributed by atoms with E-state index in [0.29, 0.717) is 5.92 Å². The van der Waals surface area contributed by atoms with Gasteiger partial charge in [-0.15, -0.1) is 0 Å². The van der Waals surface area contributed by atoms with Crippen molar-refractivity contribution in [2.24, 2.45) is 5.92 Å². The number of carbonyl (C=O) groups is 2. The number of carbonyl (C=O) groups excluding carboxylic acids is 2. The standard InChI is InChI=1S/C15H28N2O4/c1-6-10(2)12-8-7-9-17(12)14(18)13(11(3)20-4)16-15(19)21-5/h10-13H,6-9H2,1-5H3,(H,16,19)/t10-,11+,12+,13+/m1/s1. The van der Waals surface area contributed by atoms with Crippen LogP contribution in [0.5, 0.6) is 0 Å². The molecular formula is C15H28N2O4. The van der Waals surface area contributed by atoms with E-state index in [-0.39, 0.29) is 11.9 Å². The summed E-state index contributed by atoms with van der Waals surface area (Å²) in [6, 6.07) is -0.472. The van der Waals surface area contributed by atoms with Crippen LogP contribution < -0.4 is 5.32 Å². The Balaban J connectivity index is 2.85. The Labute approximate surface area is 127 Å². The minimum absolute atomic E-state index is 0.0856. The highest BCUT2D eigenvalue weighted by atomic mass is 16.5. The van der Waals surface area contributed by atoms with Crippen molar-refractivity contribution in [2.45, 2.75) is 58.2 Å². The van der Waals surface area contributed by atoms with Gasteiger partial charge in [-0.2, -0.15) is 0 Å². The summed E-state index contributed by atoms with van der Waals surface area (Å²) < 4.78 is 9.85. The lowest BCUT2D eigenvalue weighted by Gasteiger charge is -2.33. The number of hydrogen-bond acceptors (Lipinski definition) is 4. The molecule has 0 aromatic rings. The molecule has 1 N–H and O–H groups in total. The molecule has 1 fully saturated rings. The molecule has 0 radical (unpaired) electrons. The molecule has 0 bridgehead atoms. The number of amides is 2. The first kappa shape index (κ1) is 17.8. The highest BCUT2D eigenvalue weighted by Crippen LogP contribution is 2.27. The molecule has 1 heterocycles. The van der Waals surface area contributed by atoms with Gasteiger partial charge in [0.25, 0.3) is 0 Å². The average Bonchev–Trinajstić information content (AvgIpc) is 2.99. The van der Waals surface area contributed by atoms with Crippen molar-refractivity contribution in [1.29, 1.82) is 0 Å². The van der Waals surface area contributed by atoms with Gasteiger partial charge in [0.05, 0.1) is 13.2 Å². The second-order valence-corrected chi connectivity index (χ2v) is 5.68. The zero-order valence-electron chi connectivity index (χ0n) is 13.7. The van der Waals surface area contributed by atoms with Crippen molar-refractivity contribution in [3.63, 3.8) is 0 Å². The van der Waals surface area contributed by atoms with E-state index in [0.717, 1.165) is 25.8 Å². The monoisotopic (exact) mass is 300 g/mol. The number of nitrogens with one attached hydrogen (secondary N) is 1. The van der Waals surface area contributed by atoms with Crippen LogP contribution in [0.25, 0.3) is 0 Å². The number of ether oxygens (including phenoxy) is 2. The lowest BCUT2D eigenvalue weighted by molar-refractivity contribution is -0.138. The maximum atomic E-state index is 12.8. The van der Waals surface area contributed by atoms with Gasteiger partial charge in [0.2, 0.25) is 5.91 Å². The van der Waals surface area contributed by atoms with Crippen molar-refractivity contribution in [3.8, 4) is 0 Å². The predicted molar refractivity (Wildman–Crippen MR) is 80.0 cm³/mol. The van der Waals surface area contributed by atoms with Crippen molar-refractivity contribution in [1.82, 2.24) is 10.2 Å². The predicted octanol–water partition coefficient (Wildman–Crippen LogP) is 1.78. The fourth-order valence-corrected chi connectivity index (χ4v) is 2.81. The number of alkyl carbamates (subject to hydrolysis) is 1. The molecule has 0 unspecified atom stereocenters. The van der Waals surface area contributed by atoms with Gasteiger partial charge in [-0.3, -0.25) is 4.79 Å². The summed E-state index contributed by atoms with van der Waals surface area (Å²) in [6.45, 7) is 6.81. The van der Waals surface area contributed by atoms with Crippen LogP contribution in [0.1, 0.15) is 40.0 Å². The number of nitrogens with zero attached hydrogens (tertiary/aromatic N) is 1. The molecular weight excluding hydrogens is 272 g/mol. The van der Waals surface area contributed by atoms with Gasteiger partial charge in [-0.05, 0) is 25.7 Å². The van der Waals surface area contributed by atoms with Gasteiger partial charge in [0.1, 0.15) is 6.04 Å². The maximum absolute atomic E-state index is 12.8. The van der Waals surface area contributed by atoms with Crippen LogP contribution in [0.15, 0.2) is 0 Å². The van der Waals surface area contributed by atoms with Crippen molar-refractivity contribution < 1.29 is 19.1 Å². The van der Waals surface area contributed by atoms with E-state index < -0.39 is 18.2 Å². The van der Waals surface area contributed by atoms with E-state index in [4.69, 9.17) is 4.74 Å². The van der Waals surface area contributed by atoms with Crippen LogP contribution in [0.2, 0.25) is 0 Å². The fourth-order valence-electron chi connectivity index (χ4n) is 2.81.